The SMILES string of the molecule is O=C1CN(C(=O)c2ccccc2)CCN1CC1(O)CCN(C(=O)CCc2ccccc2)CC12CCCC2. The van der Waals surface area contributed by atoms with Crippen LogP contribution >= 0.6 is 0 Å². The molecule has 1 N–H and O–H groups in total. The molecule has 3 fully saturated rings. The third-order valence-corrected chi connectivity index (χ3v) is 8.74. The van der Waals surface area contributed by atoms with E-state index in [0.717, 1.165) is 31.2 Å². The van der Waals surface area contributed by atoms with E-state index in [0.29, 0.717) is 51.0 Å². The van der Waals surface area contributed by atoms with Crippen LogP contribution in [0.2, 0.25) is 0 Å². The summed E-state index contributed by atoms with van der Waals surface area (Å²) in [5.41, 5.74) is 0.325. The molecule has 5 rings (SSSR count). The Bertz CT molecular complexity index is 1120. The summed E-state index contributed by atoms with van der Waals surface area (Å²) in [6.07, 6.45) is 5.45. The predicted molar refractivity (Wildman–Crippen MR) is 141 cm³/mol. The van der Waals surface area contributed by atoms with E-state index in [1.165, 1.54) is 0 Å². The zero-order chi connectivity index (χ0) is 25.9. The zero-order valence-corrected chi connectivity index (χ0v) is 21.5. The highest BCUT2D eigenvalue weighted by Gasteiger charge is 2.56. The normalized spacial score (nSPS) is 23.5. The van der Waals surface area contributed by atoms with Crippen molar-refractivity contribution in [2.45, 2.75) is 50.5 Å². The molecule has 1 spiro atoms. The second kappa shape index (κ2) is 10.7. The minimum Gasteiger partial charge on any atom is -0.387 e. The number of hydrogen-bond acceptors (Lipinski definition) is 4. The number of piperazine rings is 1. The fourth-order valence-electron chi connectivity index (χ4n) is 6.49. The largest absolute Gasteiger partial charge is 0.387 e. The summed E-state index contributed by atoms with van der Waals surface area (Å²) in [6, 6.07) is 19.1. The first-order valence-electron chi connectivity index (χ1n) is 13.6. The Balaban J connectivity index is 1.22. The minimum absolute atomic E-state index is 0.0287. The van der Waals surface area contributed by atoms with Gasteiger partial charge in [0.2, 0.25) is 11.8 Å². The van der Waals surface area contributed by atoms with Gasteiger partial charge in [0.25, 0.3) is 5.91 Å². The summed E-state index contributed by atoms with van der Waals surface area (Å²) >= 11 is 0. The summed E-state index contributed by atoms with van der Waals surface area (Å²) in [4.78, 5) is 44.3. The lowest BCUT2D eigenvalue weighted by atomic mass is 9.65. The first-order chi connectivity index (χ1) is 17.9. The van der Waals surface area contributed by atoms with Crippen LogP contribution in [0.4, 0.5) is 0 Å². The van der Waals surface area contributed by atoms with E-state index in [-0.39, 0.29) is 36.2 Å². The molecular weight excluding hydrogens is 466 g/mol. The minimum atomic E-state index is -1.03. The third-order valence-electron chi connectivity index (χ3n) is 8.74. The number of aliphatic hydroxyl groups is 1. The standard InChI is InChI=1S/C30H37N3O4/c34-26(14-13-24-9-3-1-4-10-24)32-18-17-30(37,29(22-32)15-7-8-16-29)23-33-20-19-31(21-27(33)35)28(36)25-11-5-2-6-12-25/h1-6,9-12,37H,7-8,13-23H2. The molecule has 2 aromatic rings. The Labute approximate surface area is 219 Å². The molecule has 3 amide bonds. The van der Waals surface area contributed by atoms with Crippen LogP contribution in [0.1, 0.15) is 54.4 Å². The van der Waals surface area contributed by atoms with Gasteiger partial charge in [0.05, 0.1) is 12.1 Å². The molecule has 0 aromatic heterocycles. The van der Waals surface area contributed by atoms with Gasteiger partial charge in [-0.3, -0.25) is 14.4 Å². The van der Waals surface area contributed by atoms with Crippen LogP contribution in [0.5, 0.6) is 0 Å². The highest BCUT2D eigenvalue weighted by Crippen LogP contribution is 2.51. The van der Waals surface area contributed by atoms with E-state index in [1.54, 1.807) is 21.9 Å². The average molecular weight is 504 g/mol. The molecule has 1 unspecified atom stereocenters. The fourth-order valence-corrected chi connectivity index (χ4v) is 6.49. The summed E-state index contributed by atoms with van der Waals surface area (Å²) in [5.74, 6) is -0.123. The van der Waals surface area contributed by atoms with E-state index in [1.807, 2.05) is 53.4 Å². The highest BCUT2D eigenvalue weighted by molar-refractivity contribution is 5.97. The van der Waals surface area contributed by atoms with Crippen molar-refractivity contribution in [1.29, 1.82) is 0 Å². The number of carbonyl (C=O) groups excluding carboxylic acids is 3. The van der Waals surface area contributed by atoms with E-state index in [2.05, 4.69) is 0 Å². The second-order valence-corrected chi connectivity index (χ2v) is 11.0. The maximum atomic E-state index is 13.1. The Hall–Kier alpha value is -3.19. The van der Waals surface area contributed by atoms with Crippen LogP contribution in [-0.4, -0.2) is 82.4 Å². The number of carbonyl (C=O) groups is 3. The van der Waals surface area contributed by atoms with Crippen molar-refractivity contribution in [3.63, 3.8) is 0 Å². The molecule has 1 aliphatic carbocycles. The Morgan fingerprint density at radius 2 is 1.51 bits per heavy atom. The van der Waals surface area contributed by atoms with E-state index in [4.69, 9.17) is 0 Å². The van der Waals surface area contributed by atoms with Gasteiger partial charge in [-0.15, -0.1) is 0 Å². The molecule has 7 nitrogen and oxygen atoms in total. The number of likely N-dealkylation sites (tertiary alicyclic amines) is 1. The zero-order valence-electron chi connectivity index (χ0n) is 21.5. The van der Waals surface area contributed by atoms with Crippen molar-refractivity contribution in [2.24, 2.45) is 5.41 Å². The van der Waals surface area contributed by atoms with Gasteiger partial charge in [-0.1, -0.05) is 61.4 Å². The molecule has 37 heavy (non-hydrogen) atoms. The van der Waals surface area contributed by atoms with Gasteiger partial charge in [-0.05, 0) is 43.4 Å². The number of rotatable bonds is 6. The van der Waals surface area contributed by atoms with Crippen molar-refractivity contribution in [1.82, 2.24) is 14.7 Å². The van der Waals surface area contributed by atoms with Gasteiger partial charge in [-0.25, -0.2) is 0 Å². The summed E-state index contributed by atoms with van der Waals surface area (Å²) in [6.45, 7) is 2.22. The smallest absolute Gasteiger partial charge is 0.254 e. The van der Waals surface area contributed by atoms with Gasteiger partial charge in [0.1, 0.15) is 6.54 Å². The lowest BCUT2D eigenvalue weighted by Crippen LogP contribution is -2.66. The van der Waals surface area contributed by atoms with Gasteiger partial charge in [0, 0.05) is 43.6 Å². The van der Waals surface area contributed by atoms with Crippen LogP contribution in [0.3, 0.4) is 0 Å². The van der Waals surface area contributed by atoms with Crippen LogP contribution in [0.25, 0.3) is 0 Å². The maximum absolute atomic E-state index is 13.1. The number of hydrogen-bond donors (Lipinski definition) is 1. The quantitative estimate of drug-likeness (QED) is 0.657. The molecule has 196 valence electrons. The Morgan fingerprint density at radius 1 is 0.838 bits per heavy atom. The number of aryl methyl sites for hydroxylation is 1. The number of benzene rings is 2. The lowest BCUT2D eigenvalue weighted by molar-refractivity contribution is -0.169. The molecule has 7 heteroatoms. The molecule has 1 atom stereocenters. The van der Waals surface area contributed by atoms with Gasteiger partial charge in [0.15, 0.2) is 0 Å². The van der Waals surface area contributed by atoms with Crippen molar-refractivity contribution >= 4 is 17.7 Å². The number of nitrogens with zero attached hydrogens (tertiary/aromatic N) is 3. The van der Waals surface area contributed by atoms with Crippen molar-refractivity contribution < 1.29 is 19.5 Å². The monoisotopic (exact) mass is 503 g/mol. The molecule has 2 heterocycles. The second-order valence-electron chi connectivity index (χ2n) is 11.0. The molecule has 2 saturated heterocycles. The first-order valence-corrected chi connectivity index (χ1v) is 13.6. The third kappa shape index (κ3) is 5.28. The molecule has 1 saturated carbocycles. The van der Waals surface area contributed by atoms with Gasteiger partial charge >= 0.3 is 0 Å². The van der Waals surface area contributed by atoms with E-state index in [9.17, 15) is 19.5 Å². The van der Waals surface area contributed by atoms with Gasteiger partial charge in [-0.2, -0.15) is 0 Å². The molecule has 0 bridgehead atoms. The van der Waals surface area contributed by atoms with Crippen LogP contribution in [-0.2, 0) is 16.0 Å². The predicted octanol–water partition coefficient (Wildman–Crippen LogP) is 3.13. The Morgan fingerprint density at radius 3 is 2.19 bits per heavy atom. The Kier molecular flexibility index (Phi) is 7.33. The molecule has 2 aromatic carbocycles. The fraction of sp³-hybridized carbons (Fsp3) is 0.500. The highest BCUT2D eigenvalue weighted by atomic mass is 16.3. The molecular formula is C30H37N3O4. The maximum Gasteiger partial charge on any atom is 0.254 e. The molecule has 3 aliphatic rings. The average Bonchev–Trinajstić information content (AvgIpc) is 3.41. The van der Waals surface area contributed by atoms with Crippen LogP contribution in [0, 0.1) is 5.41 Å². The molecule has 2 aliphatic heterocycles. The van der Waals surface area contributed by atoms with Crippen LogP contribution in [0.15, 0.2) is 60.7 Å². The van der Waals surface area contributed by atoms with Crippen molar-refractivity contribution in [3.8, 4) is 0 Å². The first kappa shape index (κ1) is 25.5. The van der Waals surface area contributed by atoms with Crippen LogP contribution < -0.4 is 0 Å². The topological polar surface area (TPSA) is 81.2 Å². The summed E-state index contributed by atoms with van der Waals surface area (Å²) in [5, 5.41) is 12.0. The van der Waals surface area contributed by atoms with Crippen molar-refractivity contribution in [3.05, 3.63) is 71.8 Å². The number of piperidine rings is 1. The van der Waals surface area contributed by atoms with E-state index < -0.39 is 5.60 Å². The number of amides is 3. The van der Waals surface area contributed by atoms with E-state index >= 15 is 0 Å². The lowest BCUT2D eigenvalue weighted by Gasteiger charge is -2.54. The summed E-state index contributed by atoms with van der Waals surface area (Å²) in [7, 11) is 0. The number of β-amino-alcohol motifs (C(OH)–C–C–N with tert-alkyl or cyclic N) is 1. The van der Waals surface area contributed by atoms with Gasteiger partial charge < -0.3 is 19.8 Å². The molecule has 0 radical (unpaired) electrons. The summed E-state index contributed by atoms with van der Waals surface area (Å²) < 4.78 is 0. The van der Waals surface area contributed by atoms with Crippen molar-refractivity contribution in [2.75, 3.05) is 39.3 Å².